The fourth-order valence-corrected chi connectivity index (χ4v) is 2.20. The number of alkyl halides is 3. The Bertz CT molecular complexity index is 870. The van der Waals surface area contributed by atoms with Crippen LogP contribution in [0.15, 0.2) is 59.4 Å². The standard InChI is InChI=1S/C16H10F3NO2/c17-16(18,19)22-11-6-7-13-12(8-11)15(21)9-14(20-13)10-4-2-1-3-5-10/h1-9H,(H,20,21). The van der Waals surface area contributed by atoms with Crippen LogP contribution in [0.2, 0.25) is 0 Å². The summed E-state index contributed by atoms with van der Waals surface area (Å²) in [6.07, 6.45) is -4.79. The van der Waals surface area contributed by atoms with Crippen molar-refractivity contribution in [3.63, 3.8) is 0 Å². The highest BCUT2D eigenvalue weighted by Crippen LogP contribution is 2.26. The van der Waals surface area contributed by atoms with E-state index in [9.17, 15) is 18.0 Å². The Morgan fingerprint density at radius 1 is 0.955 bits per heavy atom. The zero-order valence-electron chi connectivity index (χ0n) is 11.1. The summed E-state index contributed by atoms with van der Waals surface area (Å²) in [6.45, 7) is 0. The highest BCUT2D eigenvalue weighted by Gasteiger charge is 2.31. The zero-order chi connectivity index (χ0) is 15.7. The Balaban J connectivity index is 2.09. The zero-order valence-corrected chi connectivity index (χ0v) is 11.1. The number of hydrogen-bond donors (Lipinski definition) is 1. The van der Waals surface area contributed by atoms with E-state index in [-0.39, 0.29) is 10.8 Å². The van der Waals surface area contributed by atoms with Gasteiger partial charge in [0.15, 0.2) is 5.43 Å². The molecule has 3 nitrogen and oxygen atoms in total. The van der Waals surface area contributed by atoms with Gasteiger partial charge in [-0.15, -0.1) is 13.2 Å². The number of nitrogens with one attached hydrogen (secondary N) is 1. The van der Waals surface area contributed by atoms with Crippen molar-refractivity contribution in [3.05, 3.63) is 64.8 Å². The summed E-state index contributed by atoms with van der Waals surface area (Å²) in [5.74, 6) is -0.419. The lowest BCUT2D eigenvalue weighted by molar-refractivity contribution is -0.274. The largest absolute Gasteiger partial charge is 0.573 e. The number of ether oxygens (including phenoxy) is 1. The number of pyridine rings is 1. The molecule has 0 aliphatic rings. The predicted octanol–water partition coefficient (Wildman–Crippen LogP) is 4.09. The minimum atomic E-state index is -4.79. The van der Waals surface area contributed by atoms with Crippen LogP contribution in [0.3, 0.4) is 0 Å². The molecule has 0 saturated carbocycles. The number of fused-ring (bicyclic) bond motifs is 1. The molecule has 1 heterocycles. The van der Waals surface area contributed by atoms with Crippen molar-refractivity contribution < 1.29 is 17.9 Å². The fourth-order valence-electron chi connectivity index (χ4n) is 2.20. The lowest BCUT2D eigenvalue weighted by Gasteiger charge is -2.10. The van der Waals surface area contributed by atoms with Crippen LogP contribution in [0, 0.1) is 0 Å². The summed E-state index contributed by atoms with van der Waals surface area (Å²) in [6, 6.07) is 14.2. The number of halogens is 3. The maximum absolute atomic E-state index is 12.2. The quantitative estimate of drug-likeness (QED) is 0.774. The normalized spacial score (nSPS) is 11.6. The smallest absolute Gasteiger partial charge is 0.406 e. The third-order valence-electron chi connectivity index (χ3n) is 3.12. The number of hydrogen-bond acceptors (Lipinski definition) is 2. The molecule has 2 aromatic carbocycles. The van der Waals surface area contributed by atoms with Crippen LogP contribution in [-0.2, 0) is 0 Å². The number of aromatic amines is 1. The first-order valence-corrected chi connectivity index (χ1v) is 6.41. The van der Waals surface area contributed by atoms with E-state index in [1.165, 1.54) is 18.2 Å². The molecule has 0 spiro atoms. The summed E-state index contributed by atoms with van der Waals surface area (Å²) in [5.41, 5.74) is 1.49. The van der Waals surface area contributed by atoms with Crippen LogP contribution in [0.25, 0.3) is 22.2 Å². The SMILES string of the molecule is O=c1cc(-c2ccccc2)[nH]c2ccc(OC(F)(F)F)cc12. The molecule has 3 aromatic rings. The third-order valence-corrected chi connectivity index (χ3v) is 3.12. The minimum Gasteiger partial charge on any atom is -0.406 e. The van der Waals surface area contributed by atoms with Crippen LogP contribution < -0.4 is 10.2 Å². The fraction of sp³-hybridized carbons (Fsp3) is 0.0625. The van der Waals surface area contributed by atoms with E-state index in [2.05, 4.69) is 9.72 Å². The second-order valence-corrected chi connectivity index (χ2v) is 4.67. The maximum Gasteiger partial charge on any atom is 0.573 e. The van der Waals surface area contributed by atoms with E-state index in [4.69, 9.17) is 0 Å². The van der Waals surface area contributed by atoms with E-state index in [1.54, 1.807) is 0 Å². The molecule has 1 N–H and O–H groups in total. The van der Waals surface area contributed by atoms with E-state index in [0.29, 0.717) is 11.2 Å². The lowest BCUT2D eigenvalue weighted by Crippen LogP contribution is -2.17. The van der Waals surface area contributed by atoms with Crippen molar-refractivity contribution >= 4 is 10.9 Å². The molecule has 0 saturated heterocycles. The summed E-state index contributed by atoms with van der Waals surface area (Å²) in [7, 11) is 0. The Kier molecular flexibility index (Phi) is 3.36. The van der Waals surface area contributed by atoms with Gasteiger partial charge >= 0.3 is 6.36 Å². The van der Waals surface area contributed by atoms with E-state index in [1.807, 2.05) is 30.3 Å². The summed E-state index contributed by atoms with van der Waals surface area (Å²) in [4.78, 5) is 15.2. The van der Waals surface area contributed by atoms with Gasteiger partial charge in [-0.3, -0.25) is 4.79 Å². The Morgan fingerprint density at radius 2 is 1.68 bits per heavy atom. The monoisotopic (exact) mass is 305 g/mol. The van der Waals surface area contributed by atoms with Crippen molar-refractivity contribution in [2.24, 2.45) is 0 Å². The summed E-state index contributed by atoms with van der Waals surface area (Å²) < 4.78 is 40.5. The predicted molar refractivity (Wildman–Crippen MR) is 76.7 cm³/mol. The van der Waals surface area contributed by atoms with Gasteiger partial charge in [-0.05, 0) is 23.8 Å². The topological polar surface area (TPSA) is 42.1 Å². The van der Waals surface area contributed by atoms with Crippen molar-refractivity contribution in [1.82, 2.24) is 4.98 Å². The van der Waals surface area contributed by atoms with Gasteiger partial charge in [-0.25, -0.2) is 0 Å². The van der Waals surface area contributed by atoms with Crippen molar-refractivity contribution in [2.45, 2.75) is 6.36 Å². The second-order valence-electron chi connectivity index (χ2n) is 4.67. The number of H-pyrrole nitrogens is 1. The van der Waals surface area contributed by atoms with Crippen molar-refractivity contribution in [2.75, 3.05) is 0 Å². The van der Waals surface area contributed by atoms with Gasteiger partial charge in [0.2, 0.25) is 0 Å². The summed E-state index contributed by atoms with van der Waals surface area (Å²) >= 11 is 0. The first kappa shape index (κ1) is 14.2. The molecular formula is C16H10F3NO2. The van der Waals surface area contributed by atoms with E-state index in [0.717, 1.165) is 11.6 Å². The van der Waals surface area contributed by atoms with Crippen molar-refractivity contribution in [1.29, 1.82) is 0 Å². The van der Waals surface area contributed by atoms with Crippen LogP contribution in [0.5, 0.6) is 5.75 Å². The maximum atomic E-state index is 12.2. The van der Waals surface area contributed by atoms with Crippen LogP contribution in [-0.4, -0.2) is 11.3 Å². The average molecular weight is 305 g/mol. The molecule has 112 valence electrons. The van der Waals surface area contributed by atoms with Gasteiger partial charge in [0.05, 0.1) is 0 Å². The first-order chi connectivity index (χ1) is 10.4. The molecule has 0 aliphatic heterocycles. The molecule has 0 fully saturated rings. The molecule has 1 aromatic heterocycles. The van der Waals surface area contributed by atoms with E-state index < -0.39 is 12.1 Å². The van der Waals surface area contributed by atoms with Gasteiger partial charge in [-0.1, -0.05) is 30.3 Å². The van der Waals surface area contributed by atoms with Crippen LogP contribution in [0.4, 0.5) is 13.2 Å². The van der Waals surface area contributed by atoms with Crippen molar-refractivity contribution in [3.8, 4) is 17.0 Å². The average Bonchev–Trinajstić information content (AvgIpc) is 2.47. The lowest BCUT2D eigenvalue weighted by atomic mass is 10.1. The van der Waals surface area contributed by atoms with Gasteiger partial charge in [0.1, 0.15) is 5.75 Å². The molecule has 3 rings (SSSR count). The minimum absolute atomic E-state index is 0.140. The van der Waals surface area contributed by atoms with E-state index >= 15 is 0 Å². The molecule has 22 heavy (non-hydrogen) atoms. The van der Waals surface area contributed by atoms with Gasteiger partial charge in [0.25, 0.3) is 0 Å². The molecular weight excluding hydrogens is 295 g/mol. The highest BCUT2D eigenvalue weighted by atomic mass is 19.4. The molecule has 6 heteroatoms. The first-order valence-electron chi connectivity index (χ1n) is 6.41. The third kappa shape index (κ3) is 2.95. The Morgan fingerprint density at radius 3 is 2.36 bits per heavy atom. The number of rotatable bonds is 2. The molecule has 0 amide bonds. The number of aromatic nitrogens is 1. The molecule has 0 aliphatic carbocycles. The molecule has 0 bridgehead atoms. The number of benzene rings is 2. The van der Waals surface area contributed by atoms with Gasteiger partial charge in [0, 0.05) is 22.7 Å². The molecule has 0 radical (unpaired) electrons. The van der Waals surface area contributed by atoms with Crippen LogP contribution in [0.1, 0.15) is 0 Å². The molecule has 0 unspecified atom stereocenters. The molecule has 0 atom stereocenters. The Hall–Kier alpha value is -2.76. The Labute approximate surface area is 123 Å². The van der Waals surface area contributed by atoms with Gasteiger partial charge in [-0.2, -0.15) is 0 Å². The highest BCUT2D eigenvalue weighted by molar-refractivity contribution is 5.82. The van der Waals surface area contributed by atoms with Gasteiger partial charge < -0.3 is 9.72 Å². The summed E-state index contributed by atoms with van der Waals surface area (Å²) in [5, 5.41) is 0.140. The second kappa shape index (κ2) is 5.22. The van der Waals surface area contributed by atoms with Crippen LogP contribution >= 0.6 is 0 Å².